The minimum Gasteiger partial charge on any atom is -0.497 e. The third-order valence-electron chi connectivity index (χ3n) is 5.05. The molecule has 4 rings (SSSR count). The molecule has 0 atom stereocenters. The van der Waals surface area contributed by atoms with E-state index in [9.17, 15) is 4.79 Å². The molecule has 1 fully saturated rings. The van der Waals surface area contributed by atoms with E-state index in [1.165, 1.54) is 4.90 Å². The molecular formula is C21H24N5O2+. The first-order valence-corrected chi connectivity index (χ1v) is 9.43. The van der Waals surface area contributed by atoms with Crippen LogP contribution < -0.4 is 9.64 Å². The summed E-state index contributed by atoms with van der Waals surface area (Å²) in [5, 5.41) is 4.57. The van der Waals surface area contributed by atoms with E-state index in [2.05, 4.69) is 17.1 Å². The van der Waals surface area contributed by atoms with Gasteiger partial charge in [0.15, 0.2) is 5.82 Å². The van der Waals surface area contributed by atoms with E-state index < -0.39 is 0 Å². The number of hydrogen-bond donors (Lipinski definition) is 1. The second-order valence-electron chi connectivity index (χ2n) is 6.98. The molecule has 0 aliphatic carbocycles. The first kappa shape index (κ1) is 18.2. The Kier molecular flexibility index (Phi) is 5.08. The number of carbonyl (C=O) groups is 1. The minimum absolute atomic E-state index is 0.114. The Morgan fingerprint density at radius 2 is 1.71 bits per heavy atom. The lowest BCUT2D eigenvalue weighted by molar-refractivity contribution is -0.883. The minimum atomic E-state index is -0.114. The third-order valence-corrected chi connectivity index (χ3v) is 5.05. The second-order valence-corrected chi connectivity index (χ2v) is 6.98. The lowest BCUT2D eigenvalue weighted by Crippen LogP contribution is -3.12. The molecule has 0 unspecified atom stereocenters. The maximum absolute atomic E-state index is 13.0. The van der Waals surface area contributed by atoms with Crippen molar-refractivity contribution in [2.45, 2.75) is 0 Å². The monoisotopic (exact) mass is 378 g/mol. The van der Waals surface area contributed by atoms with Crippen molar-refractivity contribution >= 4 is 5.91 Å². The van der Waals surface area contributed by atoms with Crippen molar-refractivity contribution in [3.05, 3.63) is 60.4 Å². The van der Waals surface area contributed by atoms with Crippen LogP contribution in [0.15, 0.2) is 54.6 Å². The number of carbonyl (C=O) groups excluding carboxylic acids is 1. The maximum Gasteiger partial charge on any atom is 0.293 e. The van der Waals surface area contributed by atoms with Crippen LogP contribution in [0.4, 0.5) is 0 Å². The number of amides is 1. The molecule has 0 radical (unpaired) electrons. The standard InChI is InChI=1S/C21H23N5O2/c1-24-12-14-25(15-13-24)21(27)19-22-20(16-6-4-3-5-7-16)26(23-19)17-8-10-18(28-2)11-9-17/h3-11H,12-15H2,1-2H3/p+1. The number of hydrogen-bond acceptors (Lipinski definition) is 4. The van der Waals surface area contributed by atoms with E-state index >= 15 is 0 Å². The fourth-order valence-electron chi connectivity index (χ4n) is 3.31. The number of nitrogens with zero attached hydrogens (tertiary/aromatic N) is 4. The topological polar surface area (TPSA) is 64.7 Å². The van der Waals surface area contributed by atoms with E-state index in [0.717, 1.165) is 43.2 Å². The lowest BCUT2D eigenvalue weighted by atomic mass is 10.2. The van der Waals surface area contributed by atoms with E-state index in [1.807, 2.05) is 59.5 Å². The van der Waals surface area contributed by atoms with Crippen molar-refractivity contribution in [3.8, 4) is 22.8 Å². The zero-order valence-electron chi connectivity index (χ0n) is 16.1. The second kappa shape index (κ2) is 7.82. The fourth-order valence-corrected chi connectivity index (χ4v) is 3.31. The molecule has 0 bridgehead atoms. The number of methoxy groups -OCH3 is 1. The SMILES string of the molecule is COc1ccc(-n2nc(C(=O)N3CC[NH+](C)CC3)nc2-c2ccccc2)cc1. The zero-order chi connectivity index (χ0) is 19.5. The molecule has 0 spiro atoms. The van der Waals surface area contributed by atoms with Crippen molar-refractivity contribution in [2.24, 2.45) is 0 Å². The van der Waals surface area contributed by atoms with Crippen LogP contribution in [0.25, 0.3) is 17.1 Å². The van der Waals surface area contributed by atoms with Crippen LogP contribution >= 0.6 is 0 Å². The van der Waals surface area contributed by atoms with E-state index in [-0.39, 0.29) is 11.7 Å². The summed E-state index contributed by atoms with van der Waals surface area (Å²) < 4.78 is 6.97. The quantitative estimate of drug-likeness (QED) is 0.733. The van der Waals surface area contributed by atoms with Gasteiger partial charge in [-0.15, -0.1) is 5.10 Å². The Balaban J connectivity index is 1.72. The summed E-state index contributed by atoms with van der Waals surface area (Å²) in [5.41, 5.74) is 1.74. The Morgan fingerprint density at radius 3 is 2.36 bits per heavy atom. The Labute approximate surface area is 164 Å². The highest BCUT2D eigenvalue weighted by molar-refractivity contribution is 5.91. The van der Waals surface area contributed by atoms with Gasteiger partial charge in [0.05, 0.1) is 46.0 Å². The van der Waals surface area contributed by atoms with Crippen LogP contribution in [0.1, 0.15) is 10.6 Å². The van der Waals surface area contributed by atoms with Gasteiger partial charge in [0.2, 0.25) is 5.82 Å². The number of aromatic nitrogens is 3. The van der Waals surface area contributed by atoms with Gasteiger partial charge in [-0.3, -0.25) is 4.79 Å². The zero-order valence-corrected chi connectivity index (χ0v) is 16.1. The number of rotatable bonds is 4. The molecule has 28 heavy (non-hydrogen) atoms. The maximum atomic E-state index is 13.0. The van der Waals surface area contributed by atoms with Gasteiger partial charge >= 0.3 is 0 Å². The largest absolute Gasteiger partial charge is 0.497 e. The average molecular weight is 378 g/mol. The van der Waals surface area contributed by atoms with Gasteiger partial charge < -0.3 is 14.5 Å². The number of likely N-dealkylation sites (N-methyl/N-ethyl adjacent to an activating group) is 1. The highest BCUT2D eigenvalue weighted by Gasteiger charge is 2.27. The predicted molar refractivity (Wildman–Crippen MR) is 106 cm³/mol. The summed E-state index contributed by atoms with van der Waals surface area (Å²) in [6.45, 7) is 3.33. The Hall–Kier alpha value is -3.19. The summed E-state index contributed by atoms with van der Waals surface area (Å²) in [6, 6.07) is 17.4. The highest BCUT2D eigenvalue weighted by Crippen LogP contribution is 2.23. The number of piperazine rings is 1. The average Bonchev–Trinajstić information content (AvgIpc) is 3.20. The van der Waals surface area contributed by atoms with Gasteiger partial charge in [0.25, 0.3) is 5.91 Å². The fraction of sp³-hybridized carbons (Fsp3) is 0.286. The lowest BCUT2D eigenvalue weighted by Gasteiger charge is -2.29. The van der Waals surface area contributed by atoms with Gasteiger partial charge in [0, 0.05) is 5.56 Å². The van der Waals surface area contributed by atoms with Crippen LogP contribution in [-0.4, -0.2) is 65.9 Å². The van der Waals surface area contributed by atoms with Gasteiger partial charge in [0.1, 0.15) is 5.75 Å². The molecular weight excluding hydrogens is 354 g/mol. The van der Waals surface area contributed by atoms with Gasteiger partial charge in [-0.25, -0.2) is 9.67 Å². The molecule has 2 heterocycles. The molecule has 2 aromatic carbocycles. The highest BCUT2D eigenvalue weighted by atomic mass is 16.5. The molecule has 7 heteroatoms. The van der Waals surface area contributed by atoms with Crippen LogP contribution in [-0.2, 0) is 0 Å². The summed E-state index contributed by atoms with van der Waals surface area (Å²) in [6.07, 6.45) is 0. The normalized spacial score (nSPS) is 14.9. The number of nitrogens with one attached hydrogen (secondary N) is 1. The van der Waals surface area contributed by atoms with Gasteiger partial charge in [-0.1, -0.05) is 30.3 Å². The first-order chi connectivity index (χ1) is 13.7. The van der Waals surface area contributed by atoms with Crippen LogP contribution in [0, 0.1) is 0 Å². The van der Waals surface area contributed by atoms with Crippen molar-refractivity contribution in [3.63, 3.8) is 0 Å². The first-order valence-electron chi connectivity index (χ1n) is 9.43. The number of quaternary nitrogens is 1. The molecule has 3 aromatic rings. The summed E-state index contributed by atoms with van der Waals surface area (Å²) in [4.78, 5) is 20.9. The van der Waals surface area contributed by atoms with Gasteiger partial charge in [-0.05, 0) is 24.3 Å². The molecule has 144 valence electrons. The molecule has 1 aromatic heterocycles. The van der Waals surface area contributed by atoms with Gasteiger partial charge in [-0.2, -0.15) is 0 Å². The van der Waals surface area contributed by atoms with Crippen molar-refractivity contribution < 1.29 is 14.4 Å². The Bertz CT molecular complexity index is 945. The molecule has 7 nitrogen and oxygen atoms in total. The molecule has 1 amide bonds. The molecule has 1 N–H and O–H groups in total. The van der Waals surface area contributed by atoms with E-state index in [0.29, 0.717) is 5.82 Å². The number of benzene rings is 2. The molecule has 1 aliphatic rings. The number of ether oxygens (including phenoxy) is 1. The van der Waals surface area contributed by atoms with Crippen LogP contribution in [0.5, 0.6) is 5.75 Å². The molecule has 1 aliphatic heterocycles. The summed E-state index contributed by atoms with van der Waals surface area (Å²) in [7, 11) is 3.78. The van der Waals surface area contributed by atoms with Crippen LogP contribution in [0.2, 0.25) is 0 Å². The van der Waals surface area contributed by atoms with Crippen molar-refractivity contribution in [2.75, 3.05) is 40.3 Å². The summed E-state index contributed by atoms with van der Waals surface area (Å²) >= 11 is 0. The van der Waals surface area contributed by atoms with Crippen molar-refractivity contribution in [1.82, 2.24) is 19.7 Å². The smallest absolute Gasteiger partial charge is 0.293 e. The summed E-state index contributed by atoms with van der Waals surface area (Å²) in [5.74, 6) is 1.53. The Morgan fingerprint density at radius 1 is 1.04 bits per heavy atom. The predicted octanol–water partition coefficient (Wildman–Crippen LogP) is 0.913. The molecule has 0 saturated carbocycles. The van der Waals surface area contributed by atoms with E-state index in [4.69, 9.17) is 4.74 Å². The third kappa shape index (κ3) is 3.61. The molecule has 1 saturated heterocycles. The van der Waals surface area contributed by atoms with Crippen molar-refractivity contribution in [1.29, 1.82) is 0 Å². The van der Waals surface area contributed by atoms with E-state index in [1.54, 1.807) is 11.8 Å². The van der Waals surface area contributed by atoms with Crippen LogP contribution in [0.3, 0.4) is 0 Å².